The fourth-order valence-electron chi connectivity index (χ4n) is 1.54. The first kappa shape index (κ1) is 9.99. The number of hydrogen-bond donors (Lipinski definition) is 1. The summed E-state index contributed by atoms with van der Waals surface area (Å²) in [6.07, 6.45) is 1.76. The average Bonchev–Trinajstić information content (AvgIpc) is 2.20. The van der Waals surface area contributed by atoms with Gasteiger partial charge in [-0.05, 0) is 24.6 Å². The van der Waals surface area contributed by atoms with Gasteiger partial charge in [0, 0.05) is 22.3 Å². The van der Waals surface area contributed by atoms with Crippen LogP contribution in [0.15, 0.2) is 36.5 Å². The summed E-state index contributed by atoms with van der Waals surface area (Å²) in [4.78, 5) is 4.08. The van der Waals surface area contributed by atoms with E-state index >= 15 is 0 Å². The molecule has 0 bridgehead atoms. The molecule has 2 nitrogen and oxygen atoms in total. The van der Waals surface area contributed by atoms with Crippen LogP contribution >= 0.6 is 11.6 Å². The molecule has 0 saturated heterocycles. The van der Waals surface area contributed by atoms with Crippen LogP contribution in [0.4, 0.5) is 5.82 Å². The summed E-state index contributed by atoms with van der Waals surface area (Å²) < 4.78 is 0. The monoisotopic (exact) mass is 218 g/mol. The van der Waals surface area contributed by atoms with Gasteiger partial charge in [0.2, 0.25) is 0 Å². The van der Waals surface area contributed by atoms with Crippen LogP contribution in [0, 0.1) is 6.92 Å². The SMILES string of the molecule is Cc1cc(N)ncc1-c1ccccc1Cl. The summed E-state index contributed by atoms with van der Waals surface area (Å²) in [5, 5.41) is 0.729. The van der Waals surface area contributed by atoms with Gasteiger partial charge in [0.1, 0.15) is 5.82 Å². The van der Waals surface area contributed by atoms with Crippen molar-refractivity contribution in [2.75, 3.05) is 5.73 Å². The summed E-state index contributed by atoms with van der Waals surface area (Å²) in [5.74, 6) is 0.531. The molecule has 0 aliphatic rings. The molecule has 2 N–H and O–H groups in total. The Morgan fingerprint density at radius 2 is 1.93 bits per heavy atom. The molecule has 0 unspecified atom stereocenters. The molecule has 0 amide bonds. The molecule has 1 heterocycles. The lowest BCUT2D eigenvalue weighted by Gasteiger charge is -2.07. The first-order valence-electron chi connectivity index (χ1n) is 4.65. The van der Waals surface area contributed by atoms with E-state index in [-0.39, 0.29) is 0 Å². The number of benzene rings is 1. The Balaban J connectivity index is 2.60. The molecule has 76 valence electrons. The van der Waals surface area contributed by atoms with E-state index in [1.54, 1.807) is 6.20 Å². The van der Waals surface area contributed by atoms with Gasteiger partial charge in [0.05, 0.1) is 0 Å². The fourth-order valence-corrected chi connectivity index (χ4v) is 1.78. The molecule has 0 atom stereocenters. The minimum Gasteiger partial charge on any atom is -0.384 e. The number of hydrogen-bond acceptors (Lipinski definition) is 2. The van der Waals surface area contributed by atoms with Crippen molar-refractivity contribution in [3.8, 4) is 11.1 Å². The highest BCUT2D eigenvalue weighted by atomic mass is 35.5. The lowest BCUT2D eigenvalue weighted by atomic mass is 10.0. The normalized spacial score (nSPS) is 10.3. The highest BCUT2D eigenvalue weighted by Gasteiger charge is 2.06. The Bertz CT molecular complexity index is 495. The maximum absolute atomic E-state index is 6.11. The van der Waals surface area contributed by atoms with E-state index in [2.05, 4.69) is 4.98 Å². The minimum absolute atomic E-state index is 0.531. The molecule has 0 radical (unpaired) electrons. The minimum atomic E-state index is 0.531. The molecule has 2 rings (SSSR count). The number of nitrogens with zero attached hydrogens (tertiary/aromatic N) is 1. The Hall–Kier alpha value is -1.54. The Morgan fingerprint density at radius 3 is 2.60 bits per heavy atom. The molecule has 1 aromatic heterocycles. The summed E-state index contributed by atoms with van der Waals surface area (Å²) in [6.45, 7) is 2.00. The lowest BCUT2D eigenvalue weighted by Crippen LogP contribution is -1.92. The van der Waals surface area contributed by atoms with Crippen molar-refractivity contribution in [1.82, 2.24) is 4.98 Å². The number of aromatic nitrogens is 1. The van der Waals surface area contributed by atoms with Gasteiger partial charge in [0.15, 0.2) is 0 Å². The van der Waals surface area contributed by atoms with Gasteiger partial charge in [-0.25, -0.2) is 4.98 Å². The summed E-state index contributed by atoms with van der Waals surface area (Å²) in [6, 6.07) is 9.55. The summed E-state index contributed by atoms with van der Waals surface area (Å²) >= 11 is 6.11. The third-order valence-electron chi connectivity index (χ3n) is 2.30. The van der Waals surface area contributed by atoms with Crippen LogP contribution in [-0.2, 0) is 0 Å². The van der Waals surface area contributed by atoms with Crippen LogP contribution in [0.2, 0.25) is 5.02 Å². The van der Waals surface area contributed by atoms with Gasteiger partial charge in [-0.3, -0.25) is 0 Å². The number of anilines is 1. The Labute approximate surface area is 93.7 Å². The van der Waals surface area contributed by atoms with Crippen molar-refractivity contribution in [2.24, 2.45) is 0 Å². The quantitative estimate of drug-likeness (QED) is 0.798. The number of nitrogen functional groups attached to an aromatic ring is 1. The maximum Gasteiger partial charge on any atom is 0.123 e. The van der Waals surface area contributed by atoms with Gasteiger partial charge in [-0.15, -0.1) is 0 Å². The largest absolute Gasteiger partial charge is 0.384 e. The van der Waals surface area contributed by atoms with Gasteiger partial charge >= 0.3 is 0 Å². The Kier molecular flexibility index (Phi) is 2.60. The van der Waals surface area contributed by atoms with Gasteiger partial charge in [0.25, 0.3) is 0 Å². The number of halogens is 1. The van der Waals surface area contributed by atoms with Gasteiger partial charge < -0.3 is 5.73 Å². The molecule has 0 aliphatic heterocycles. The highest BCUT2D eigenvalue weighted by molar-refractivity contribution is 6.33. The Morgan fingerprint density at radius 1 is 1.20 bits per heavy atom. The third-order valence-corrected chi connectivity index (χ3v) is 2.63. The molecule has 2 aromatic rings. The zero-order valence-corrected chi connectivity index (χ0v) is 9.12. The molecule has 0 aliphatic carbocycles. The van der Waals surface area contributed by atoms with Crippen LogP contribution in [0.25, 0.3) is 11.1 Å². The predicted octanol–water partition coefficient (Wildman–Crippen LogP) is 3.29. The smallest absolute Gasteiger partial charge is 0.123 e. The predicted molar refractivity (Wildman–Crippen MR) is 63.8 cm³/mol. The number of nitrogens with two attached hydrogens (primary N) is 1. The second-order valence-electron chi connectivity index (χ2n) is 3.40. The molecule has 3 heteroatoms. The standard InChI is InChI=1S/C12H11ClN2/c1-8-6-12(14)15-7-10(8)9-4-2-3-5-11(9)13/h2-7H,1H3,(H2,14,15). The van der Waals surface area contributed by atoms with Crippen molar-refractivity contribution < 1.29 is 0 Å². The van der Waals surface area contributed by atoms with Crippen molar-refractivity contribution in [1.29, 1.82) is 0 Å². The zero-order chi connectivity index (χ0) is 10.8. The van der Waals surface area contributed by atoms with Crippen molar-refractivity contribution in [3.05, 3.63) is 47.1 Å². The van der Waals surface area contributed by atoms with E-state index in [0.29, 0.717) is 5.82 Å². The van der Waals surface area contributed by atoms with E-state index < -0.39 is 0 Å². The molecule has 1 aromatic carbocycles. The second kappa shape index (κ2) is 3.91. The van der Waals surface area contributed by atoms with Crippen molar-refractivity contribution in [2.45, 2.75) is 6.92 Å². The van der Waals surface area contributed by atoms with Crippen molar-refractivity contribution in [3.63, 3.8) is 0 Å². The topological polar surface area (TPSA) is 38.9 Å². The van der Waals surface area contributed by atoms with Gasteiger partial charge in [-0.2, -0.15) is 0 Å². The van der Waals surface area contributed by atoms with Crippen LogP contribution < -0.4 is 5.73 Å². The van der Waals surface area contributed by atoms with Gasteiger partial charge in [-0.1, -0.05) is 29.8 Å². The number of aryl methyl sites for hydroxylation is 1. The number of rotatable bonds is 1. The van der Waals surface area contributed by atoms with Crippen LogP contribution in [0.1, 0.15) is 5.56 Å². The molecule has 0 fully saturated rings. The molecule has 0 saturated carbocycles. The van der Waals surface area contributed by atoms with E-state index in [4.69, 9.17) is 17.3 Å². The fraction of sp³-hybridized carbons (Fsp3) is 0.0833. The maximum atomic E-state index is 6.11. The number of pyridine rings is 1. The molecular formula is C12H11ClN2. The van der Waals surface area contributed by atoms with Crippen LogP contribution in [0.3, 0.4) is 0 Å². The zero-order valence-electron chi connectivity index (χ0n) is 8.37. The summed E-state index contributed by atoms with van der Waals surface area (Å²) in [7, 11) is 0. The van der Waals surface area contributed by atoms with E-state index in [9.17, 15) is 0 Å². The summed E-state index contributed by atoms with van der Waals surface area (Å²) in [5.41, 5.74) is 8.69. The average molecular weight is 219 g/mol. The first-order valence-corrected chi connectivity index (χ1v) is 5.03. The first-order chi connectivity index (χ1) is 7.18. The third kappa shape index (κ3) is 1.95. The van der Waals surface area contributed by atoms with E-state index in [1.165, 1.54) is 0 Å². The van der Waals surface area contributed by atoms with E-state index in [0.717, 1.165) is 21.7 Å². The molecule has 0 spiro atoms. The van der Waals surface area contributed by atoms with E-state index in [1.807, 2.05) is 37.3 Å². The van der Waals surface area contributed by atoms with Crippen molar-refractivity contribution >= 4 is 17.4 Å². The van der Waals surface area contributed by atoms with Crippen LogP contribution in [0.5, 0.6) is 0 Å². The molecule has 15 heavy (non-hydrogen) atoms. The van der Waals surface area contributed by atoms with Crippen LogP contribution in [-0.4, -0.2) is 4.98 Å². The second-order valence-corrected chi connectivity index (χ2v) is 3.81. The lowest BCUT2D eigenvalue weighted by molar-refractivity contribution is 1.29. The molecular weight excluding hydrogens is 208 g/mol. The highest BCUT2D eigenvalue weighted by Crippen LogP contribution is 2.29.